The molecule has 1 saturated carbocycles. The molecule has 204 valence electrons. The van der Waals surface area contributed by atoms with Crippen LogP contribution in [-0.4, -0.2) is 54.0 Å². The van der Waals surface area contributed by atoms with Crippen LogP contribution in [0.1, 0.15) is 40.9 Å². The Hall–Kier alpha value is -3.07. The van der Waals surface area contributed by atoms with Crippen LogP contribution in [-0.2, 0) is 6.54 Å². The molecular weight excluding hydrogens is 540 g/mol. The van der Waals surface area contributed by atoms with E-state index in [4.69, 9.17) is 16.3 Å². The normalized spacial score (nSPS) is 17.5. The Balaban J connectivity index is 1.54. The van der Waals surface area contributed by atoms with E-state index >= 15 is 0 Å². The quantitative estimate of drug-likeness (QED) is 0.232. The summed E-state index contributed by atoms with van der Waals surface area (Å²) in [6, 6.07) is 12.3. The SMILES string of the molecule is COc1cc(CN(C(=O)c2sc3c(F)ccc(F)c3c2Cl)[C@H]2CC[C@H](N(C)C)CC2)cc(-c2ccncc2)c1. The molecule has 9 heteroatoms. The lowest BCUT2D eigenvalue weighted by Crippen LogP contribution is -2.44. The van der Waals surface area contributed by atoms with Gasteiger partial charge in [-0.05, 0) is 98.9 Å². The molecule has 1 amide bonds. The second kappa shape index (κ2) is 11.6. The van der Waals surface area contributed by atoms with E-state index in [0.29, 0.717) is 18.3 Å². The number of hydrogen-bond acceptors (Lipinski definition) is 5. The average molecular weight is 570 g/mol. The zero-order valence-corrected chi connectivity index (χ0v) is 23.7. The zero-order valence-electron chi connectivity index (χ0n) is 22.1. The number of hydrogen-bond donors (Lipinski definition) is 0. The lowest BCUT2D eigenvalue weighted by Gasteiger charge is -2.39. The van der Waals surface area contributed by atoms with Crippen LogP contribution in [0, 0.1) is 11.6 Å². The number of fused-ring (bicyclic) bond motifs is 1. The van der Waals surface area contributed by atoms with E-state index in [0.717, 1.165) is 65.8 Å². The summed E-state index contributed by atoms with van der Waals surface area (Å²) in [5.74, 6) is -0.877. The van der Waals surface area contributed by atoms with Crippen molar-refractivity contribution in [1.82, 2.24) is 14.8 Å². The van der Waals surface area contributed by atoms with Gasteiger partial charge in [0.15, 0.2) is 0 Å². The minimum Gasteiger partial charge on any atom is -0.497 e. The molecule has 1 aliphatic carbocycles. The maximum absolute atomic E-state index is 14.6. The van der Waals surface area contributed by atoms with Gasteiger partial charge >= 0.3 is 0 Å². The Morgan fingerprint density at radius 3 is 2.31 bits per heavy atom. The first-order chi connectivity index (χ1) is 18.8. The summed E-state index contributed by atoms with van der Waals surface area (Å²) in [5, 5.41) is -0.0743. The van der Waals surface area contributed by atoms with Crippen molar-refractivity contribution in [2.45, 2.75) is 44.3 Å². The second-order valence-electron chi connectivity index (χ2n) is 10.1. The van der Waals surface area contributed by atoms with Gasteiger partial charge in [-0.3, -0.25) is 9.78 Å². The zero-order chi connectivity index (χ0) is 27.7. The molecule has 0 atom stereocenters. The Morgan fingerprint density at radius 1 is 1.00 bits per heavy atom. The Kier molecular flexibility index (Phi) is 8.16. The number of nitrogens with zero attached hydrogens (tertiary/aromatic N) is 3. The van der Waals surface area contributed by atoms with Crippen LogP contribution >= 0.6 is 22.9 Å². The van der Waals surface area contributed by atoms with Crippen molar-refractivity contribution in [2.24, 2.45) is 0 Å². The summed E-state index contributed by atoms with van der Waals surface area (Å²) >= 11 is 7.47. The van der Waals surface area contributed by atoms with Gasteiger partial charge in [-0.1, -0.05) is 11.6 Å². The Bertz CT molecular complexity index is 1490. The van der Waals surface area contributed by atoms with E-state index in [1.165, 1.54) is 0 Å². The van der Waals surface area contributed by atoms with Crippen molar-refractivity contribution in [3.05, 3.63) is 82.0 Å². The molecule has 0 spiro atoms. The Labute approximate surface area is 236 Å². The van der Waals surface area contributed by atoms with Gasteiger partial charge in [-0.15, -0.1) is 11.3 Å². The lowest BCUT2D eigenvalue weighted by molar-refractivity contribution is 0.0574. The molecule has 0 unspecified atom stereocenters. The molecule has 2 heterocycles. The number of methoxy groups -OCH3 is 1. The third-order valence-electron chi connectivity index (χ3n) is 7.54. The number of carbonyl (C=O) groups excluding carboxylic acids is 1. The van der Waals surface area contributed by atoms with E-state index in [9.17, 15) is 13.6 Å². The predicted octanol–water partition coefficient (Wildman–Crippen LogP) is 7.42. The van der Waals surface area contributed by atoms with Gasteiger partial charge in [-0.2, -0.15) is 0 Å². The smallest absolute Gasteiger partial charge is 0.266 e. The summed E-state index contributed by atoms with van der Waals surface area (Å²) in [7, 11) is 5.76. The van der Waals surface area contributed by atoms with Crippen molar-refractivity contribution < 1.29 is 18.3 Å². The van der Waals surface area contributed by atoms with Crippen LogP contribution in [0.2, 0.25) is 5.02 Å². The number of rotatable bonds is 7. The van der Waals surface area contributed by atoms with Gasteiger partial charge in [0.05, 0.1) is 22.2 Å². The standard InChI is InChI=1S/C30H30ClF2N3O2S/c1-35(2)21-4-6-22(7-5-21)36(30(37)29-27(31)26-24(32)8-9-25(33)28(26)39-29)17-18-14-20(16-23(15-18)38-3)19-10-12-34-13-11-19/h8-16,21-22H,4-7,17H2,1-3H3/t21-,22-. The van der Waals surface area contributed by atoms with Gasteiger partial charge < -0.3 is 14.5 Å². The number of halogens is 3. The third-order valence-corrected chi connectivity index (χ3v) is 9.22. The summed E-state index contributed by atoms with van der Waals surface area (Å²) in [4.78, 5) is 22.5. The number of amides is 1. The average Bonchev–Trinajstić information content (AvgIpc) is 3.32. The summed E-state index contributed by atoms with van der Waals surface area (Å²) < 4.78 is 34.8. The van der Waals surface area contributed by atoms with Crippen molar-refractivity contribution >= 4 is 38.9 Å². The Morgan fingerprint density at radius 2 is 1.67 bits per heavy atom. The number of pyridine rings is 1. The third kappa shape index (κ3) is 5.64. The van der Waals surface area contributed by atoms with E-state index in [1.54, 1.807) is 19.5 Å². The number of benzene rings is 2. The molecule has 1 fully saturated rings. The number of carbonyl (C=O) groups is 1. The molecule has 0 saturated heterocycles. The molecule has 0 radical (unpaired) electrons. The molecule has 5 rings (SSSR count). The summed E-state index contributed by atoms with van der Waals surface area (Å²) in [5.41, 5.74) is 2.81. The lowest BCUT2D eigenvalue weighted by atomic mass is 9.89. The summed E-state index contributed by atoms with van der Waals surface area (Å²) in [6.45, 7) is 0.307. The van der Waals surface area contributed by atoms with E-state index < -0.39 is 11.6 Å². The topological polar surface area (TPSA) is 45.7 Å². The van der Waals surface area contributed by atoms with Crippen molar-refractivity contribution in [2.75, 3.05) is 21.2 Å². The fourth-order valence-electron chi connectivity index (χ4n) is 5.40. The largest absolute Gasteiger partial charge is 0.497 e. The first-order valence-electron chi connectivity index (χ1n) is 12.9. The van der Waals surface area contributed by atoms with Crippen molar-refractivity contribution in [3.63, 3.8) is 0 Å². The molecular formula is C30H30ClF2N3O2S. The van der Waals surface area contributed by atoms with Crippen LogP contribution in [0.4, 0.5) is 8.78 Å². The molecule has 0 N–H and O–H groups in total. The first-order valence-corrected chi connectivity index (χ1v) is 14.1. The molecule has 0 bridgehead atoms. The van der Waals surface area contributed by atoms with E-state index in [-0.39, 0.29) is 31.9 Å². The number of aromatic nitrogens is 1. The molecule has 4 aromatic rings. The van der Waals surface area contributed by atoms with E-state index in [1.807, 2.05) is 35.2 Å². The fourth-order valence-corrected chi connectivity index (χ4v) is 6.90. The fraction of sp³-hybridized carbons (Fsp3) is 0.333. The van der Waals surface area contributed by atoms with Crippen LogP contribution in [0.15, 0.2) is 54.9 Å². The molecule has 0 aliphatic heterocycles. The molecule has 2 aromatic carbocycles. The summed E-state index contributed by atoms with van der Waals surface area (Å²) in [6.07, 6.45) is 7.00. The van der Waals surface area contributed by atoms with E-state index in [2.05, 4.69) is 24.0 Å². The van der Waals surface area contributed by atoms with Crippen LogP contribution in [0.5, 0.6) is 5.75 Å². The second-order valence-corrected chi connectivity index (χ2v) is 11.5. The molecule has 39 heavy (non-hydrogen) atoms. The highest BCUT2D eigenvalue weighted by molar-refractivity contribution is 7.21. The minimum atomic E-state index is -0.639. The highest BCUT2D eigenvalue weighted by Crippen LogP contribution is 2.40. The number of ether oxygens (including phenoxy) is 1. The number of thiophene rings is 1. The maximum Gasteiger partial charge on any atom is 0.266 e. The van der Waals surface area contributed by atoms with Crippen LogP contribution in [0.25, 0.3) is 21.2 Å². The molecule has 2 aromatic heterocycles. The van der Waals surface area contributed by atoms with Crippen LogP contribution in [0.3, 0.4) is 0 Å². The van der Waals surface area contributed by atoms with Gasteiger partial charge in [0.2, 0.25) is 0 Å². The van der Waals surface area contributed by atoms with Crippen molar-refractivity contribution in [1.29, 1.82) is 0 Å². The molecule has 1 aliphatic rings. The molecule has 5 nitrogen and oxygen atoms in total. The highest BCUT2D eigenvalue weighted by Gasteiger charge is 2.33. The van der Waals surface area contributed by atoms with Crippen molar-refractivity contribution in [3.8, 4) is 16.9 Å². The van der Waals surface area contributed by atoms with Gasteiger partial charge in [0, 0.05) is 31.0 Å². The van der Waals surface area contributed by atoms with Gasteiger partial charge in [0.1, 0.15) is 22.3 Å². The van der Waals surface area contributed by atoms with Crippen LogP contribution < -0.4 is 4.74 Å². The highest BCUT2D eigenvalue weighted by atomic mass is 35.5. The first kappa shape index (κ1) is 27.5. The monoisotopic (exact) mass is 569 g/mol. The minimum absolute atomic E-state index is 0.0351. The predicted molar refractivity (Wildman–Crippen MR) is 153 cm³/mol. The van der Waals surface area contributed by atoms with Gasteiger partial charge in [0.25, 0.3) is 5.91 Å². The maximum atomic E-state index is 14.6. The van der Waals surface area contributed by atoms with Gasteiger partial charge in [-0.25, -0.2) is 8.78 Å².